The van der Waals surface area contributed by atoms with Crippen LogP contribution in [0.25, 0.3) is 82.9 Å². The van der Waals surface area contributed by atoms with Crippen molar-refractivity contribution in [3.05, 3.63) is 187 Å². The van der Waals surface area contributed by atoms with Gasteiger partial charge in [-0.3, -0.25) is 9.83 Å². The predicted octanol–water partition coefficient (Wildman–Crippen LogP) is 11.0. The summed E-state index contributed by atoms with van der Waals surface area (Å²) in [6.07, 6.45) is 3.63. The molecular formula is C46H27N5. The van der Waals surface area contributed by atoms with E-state index in [0.29, 0.717) is 11.4 Å². The molecule has 8 aromatic rings. The molecule has 1 aliphatic rings. The highest BCUT2D eigenvalue weighted by Gasteiger charge is 2.51. The van der Waals surface area contributed by atoms with Gasteiger partial charge >= 0.3 is 5.54 Å². The summed E-state index contributed by atoms with van der Waals surface area (Å²) in [5.74, 6) is 0.638. The van der Waals surface area contributed by atoms with Crippen molar-refractivity contribution in [2.45, 2.75) is 5.54 Å². The topological polar surface area (TPSA) is 66.8 Å². The second-order valence-corrected chi connectivity index (χ2v) is 12.6. The van der Waals surface area contributed by atoms with Crippen LogP contribution in [0.3, 0.4) is 0 Å². The zero-order valence-corrected chi connectivity index (χ0v) is 27.3. The second-order valence-electron chi connectivity index (χ2n) is 12.6. The number of benzene rings is 6. The summed E-state index contributed by atoms with van der Waals surface area (Å²) in [6, 6.07) is 53.3. The van der Waals surface area contributed by atoms with E-state index >= 15 is 0 Å². The molecule has 1 aliphatic carbocycles. The Bertz CT molecular complexity index is 2640. The maximum absolute atomic E-state index is 10.8. The average Bonchev–Trinajstić information content (AvgIpc) is 3.51. The third kappa shape index (κ3) is 4.96. The van der Waals surface area contributed by atoms with Crippen molar-refractivity contribution in [2.24, 2.45) is 0 Å². The van der Waals surface area contributed by atoms with Gasteiger partial charge in [0.1, 0.15) is 0 Å². The van der Waals surface area contributed by atoms with Crippen LogP contribution in [-0.2, 0) is 5.54 Å². The Hall–Kier alpha value is -7.21. The van der Waals surface area contributed by atoms with Crippen molar-refractivity contribution in [1.82, 2.24) is 15.0 Å². The van der Waals surface area contributed by atoms with E-state index in [1.807, 2.05) is 109 Å². The molecule has 5 nitrogen and oxygen atoms in total. The van der Waals surface area contributed by atoms with E-state index in [2.05, 4.69) is 64.4 Å². The van der Waals surface area contributed by atoms with Crippen LogP contribution in [0, 0.1) is 17.9 Å². The molecule has 1 unspecified atom stereocenters. The first kappa shape index (κ1) is 29.9. The summed E-state index contributed by atoms with van der Waals surface area (Å²) in [7, 11) is 0. The summed E-state index contributed by atoms with van der Waals surface area (Å²) in [5, 5.41) is 12.7. The number of aromatic nitrogens is 3. The normalized spacial score (nSPS) is 14.3. The zero-order valence-electron chi connectivity index (χ0n) is 27.3. The van der Waals surface area contributed by atoms with Gasteiger partial charge in [-0.05, 0) is 75.0 Å². The number of rotatable bonds is 5. The Morgan fingerprint density at radius 2 is 1.20 bits per heavy atom. The van der Waals surface area contributed by atoms with E-state index in [1.54, 1.807) is 6.20 Å². The van der Waals surface area contributed by atoms with Gasteiger partial charge in [-0.15, -0.1) is 0 Å². The number of hydrogen-bond donors (Lipinski definition) is 0. The number of fused-ring (bicyclic) bond motifs is 5. The van der Waals surface area contributed by atoms with Crippen LogP contribution in [0.15, 0.2) is 164 Å². The molecule has 0 fully saturated rings. The van der Waals surface area contributed by atoms with Crippen molar-refractivity contribution in [2.75, 3.05) is 0 Å². The smallest absolute Gasteiger partial charge is 0.283 e. The van der Waals surface area contributed by atoms with Crippen LogP contribution >= 0.6 is 0 Å². The standard InChI is InChI=1S/C46H27N5/c1-48-46(29-47)41-26-33(19-20-39(41)40-21-18-30-11-8-9-17-38(30)44(40)46)35-23-36(34-16-10-22-49-28-34)25-37(24-35)43-27-42(31-12-4-2-5-13-31)50-45(51-43)32-14-6-3-7-15-32/h2-28H. The maximum atomic E-state index is 10.8. The monoisotopic (exact) mass is 649 g/mol. The Morgan fingerprint density at radius 3 is 1.92 bits per heavy atom. The molecule has 0 bridgehead atoms. The molecule has 1 atom stereocenters. The Labute approximate surface area is 295 Å². The molecule has 51 heavy (non-hydrogen) atoms. The van der Waals surface area contributed by atoms with E-state index in [9.17, 15) is 5.26 Å². The minimum absolute atomic E-state index is 0.638. The number of pyridine rings is 1. The van der Waals surface area contributed by atoms with Crippen molar-refractivity contribution in [1.29, 1.82) is 5.26 Å². The quantitative estimate of drug-likeness (QED) is 0.174. The fourth-order valence-corrected chi connectivity index (χ4v) is 7.25. The highest BCUT2D eigenvalue weighted by atomic mass is 14.9. The molecule has 0 saturated carbocycles. The summed E-state index contributed by atoms with van der Waals surface area (Å²) < 4.78 is 0. The van der Waals surface area contributed by atoms with E-state index in [0.717, 1.165) is 77.8 Å². The highest BCUT2D eigenvalue weighted by molar-refractivity contribution is 5.99. The predicted molar refractivity (Wildman–Crippen MR) is 203 cm³/mol. The third-order valence-electron chi connectivity index (χ3n) is 9.70. The second kappa shape index (κ2) is 12.0. The molecule has 6 aromatic carbocycles. The van der Waals surface area contributed by atoms with Crippen LogP contribution in [0.2, 0.25) is 0 Å². The molecule has 2 heterocycles. The van der Waals surface area contributed by atoms with E-state index in [-0.39, 0.29) is 0 Å². The molecule has 0 N–H and O–H groups in total. The van der Waals surface area contributed by atoms with E-state index in [1.165, 1.54) is 0 Å². The first-order chi connectivity index (χ1) is 25.1. The Kier molecular flexibility index (Phi) is 7.06. The van der Waals surface area contributed by atoms with Gasteiger partial charge in [-0.2, -0.15) is 5.26 Å². The first-order valence-electron chi connectivity index (χ1n) is 16.7. The van der Waals surface area contributed by atoms with Crippen LogP contribution in [-0.4, -0.2) is 15.0 Å². The van der Waals surface area contributed by atoms with Crippen molar-refractivity contribution >= 4 is 10.8 Å². The number of hydrogen-bond acceptors (Lipinski definition) is 4. The minimum atomic E-state index is -1.47. The van der Waals surface area contributed by atoms with Gasteiger partial charge in [0.15, 0.2) is 11.9 Å². The lowest BCUT2D eigenvalue weighted by Gasteiger charge is -2.15. The molecule has 0 spiro atoms. The summed E-state index contributed by atoms with van der Waals surface area (Å²) in [5.41, 5.74) is 10.1. The van der Waals surface area contributed by atoms with Crippen LogP contribution in [0.4, 0.5) is 0 Å². The van der Waals surface area contributed by atoms with Gasteiger partial charge in [0.25, 0.3) is 0 Å². The molecule has 0 radical (unpaired) electrons. The van der Waals surface area contributed by atoms with E-state index < -0.39 is 5.54 Å². The fourth-order valence-electron chi connectivity index (χ4n) is 7.25. The fraction of sp³-hybridized carbons (Fsp3) is 0.0217. The van der Waals surface area contributed by atoms with Gasteiger partial charge in [0.05, 0.1) is 22.5 Å². The van der Waals surface area contributed by atoms with Crippen LogP contribution in [0.1, 0.15) is 11.1 Å². The lowest BCUT2D eigenvalue weighted by molar-refractivity contribution is 0.864. The summed E-state index contributed by atoms with van der Waals surface area (Å²) in [6.45, 7) is 8.42. The van der Waals surface area contributed by atoms with Crippen LogP contribution < -0.4 is 0 Å². The highest BCUT2D eigenvalue weighted by Crippen LogP contribution is 2.53. The Balaban J connectivity index is 1.26. The largest absolute Gasteiger partial charge is 0.367 e. The van der Waals surface area contributed by atoms with Crippen molar-refractivity contribution < 1.29 is 0 Å². The first-order valence-corrected chi connectivity index (χ1v) is 16.7. The minimum Gasteiger partial charge on any atom is -0.283 e. The van der Waals surface area contributed by atoms with Gasteiger partial charge < -0.3 is 0 Å². The molecule has 0 amide bonds. The SMILES string of the molecule is [C-]#[N+]C1(C#N)c2cc(-c3cc(-c4cccnc4)cc(-c4cc(-c5ccccc5)nc(-c5ccccc5)n4)c3)ccc2-c2ccc3ccccc3c21. The van der Waals surface area contributed by atoms with Crippen molar-refractivity contribution in [3.8, 4) is 73.4 Å². The lowest BCUT2D eigenvalue weighted by atomic mass is 9.85. The summed E-state index contributed by atoms with van der Waals surface area (Å²) in [4.78, 5) is 18.6. The maximum Gasteiger partial charge on any atom is 0.367 e. The van der Waals surface area contributed by atoms with Crippen molar-refractivity contribution in [3.63, 3.8) is 0 Å². The van der Waals surface area contributed by atoms with Gasteiger partial charge in [0, 0.05) is 34.6 Å². The number of nitrogens with zero attached hydrogens (tertiary/aromatic N) is 5. The van der Waals surface area contributed by atoms with Gasteiger partial charge in [-0.1, -0.05) is 115 Å². The molecule has 236 valence electrons. The molecule has 2 aromatic heterocycles. The molecule has 0 aliphatic heterocycles. The average molecular weight is 650 g/mol. The molecule has 5 heteroatoms. The summed E-state index contributed by atoms with van der Waals surface area (Å²) >= 11 is 0. The van der Waals surface area contributed by atoms with Gasteiger partial charge in [0.2, 0.25) is 0 Å². The lowest BCUT2D eigenvalue weighted by Crippen LogP contribution is -2.18. The zero-order chi connectivity index (χ0) is 34.4. The Morgan fingerprint density at radius 1 is 0.549 bits per heavy atom. The molecular weight excluding hydrogens is 623 g/mol. The number of nitriles is 1. The van der Waals surface area contributed by atoms with Crippen LogP contribution in [0.5, 0.6) is 0 Å². The molecule has 9 rings (SSSR count). The van der Waals surface area contributed by atoms with E-state index in [4.69, 9.17) is 16.5 Å². The van der Waals surface area contributed by atoms with Gasteiger partial charge in [-0.25, -0.2) is 16.5 Å². The third-order valence-corrected chi connectivity index (χ3v) is 9.70. The molecule has 0 saturated heterocycles.